The Labute approximate surface area is 109 Å². The maximum Gasteiger partial charge on any atom is 0.199 e. The summed E-state index contributed by atoms with van der Waals surface area (Å²) < 4.78 is 11.6. The molecule has 0 unspecified atom stereocenters. The van der Waals surface area contributed by atoms with E-state index < -0.39 is 0 Å². The van der Waals surface area contributed by atoms with Crippen LogP contribution >= 0.6 is 0 Å². The third kappa shape index (κ3) is 2.25. The lowest BCUT2D eigenvalue weighted by atomic mass is 9.86. The molecule has 0 amide bonds. The lowest BCUT2D eigenvalue weighted by Gasteiger charge is -2.26. The van der Waals surface area contributed by atoms with Crippen molar-refractivity contribution in [3.63, 3.8) is 0 Å². The Morgan fingerprint density at radius 1 is 1.00 bits per heavy atom. The quantitative estimate of drug-likeness (QED) is 0.775. The number of hydrogen-bond donors (Lipinski definition) is 0. The smallest absolute Gasteiger partial charge is 0.199 e. The zero-order chi connectivity index (χ0) is 13.6. The number of ether oxygens (including phenoxy) is 2. The Hall–Kier alpha value is -1.06. The fraction of sp³-hybridized carbons (Fsp3) is 0.857. The monoisotopic (exact) mass is 252 g/mol. The van der Waals surface area contributed by atoms with Crippen LogP contribution < -0.4 is 0 Å². The minimum Gasteiger partial charge on any atom is -0.478 e. The normalized spacial score (nSPS) is 25.2. The first kappa shape index (κ1) is 13.4. The van der Waals surface area contributed by atoms with E-state index in [0.29, 0.717) is 13.2 Å². The molecule has 0 aromatic heterocycles. The molecule has 0 fully saturated rings. The lowest BCUT2D eigenvalue weighted by Crippen LogP contribution is -2.36. The van der Waals surface area contributed by atoms with Gasteiger partial charge in [0.25, 0.3) is 0 Å². The first-order valence-electron chi connectivity index (χ1n) is 6.65. The number of hydrogen-bond acceptors (Lipinski definition) is 4. The van der Waals surface area contributed by atoms with Gasteiger partial charge >= 0.3 is 0 Å². The van der Waals surface area contributed by atoms with Crippen LogP contribution in [-0.4, -0.2) is 36.1 Å². The first-order chi connectivity index (χ1) is 8.19. The average Bonchev–Trinajstić information content (AvgIpc) is 2.80. The molecule has 4 nitrogen and oxygen atoms in total. The van der Waals surface area contributed by atoms with Gasteiger partial charge in [-0.1, -0.05) is 6.92 Å². The van der Waals surface area contributed by atoms with E-state index in [1.54, 1.807) is 0 Å². The van der Waals surface area contributed by atoms with Gasteiger partial charge in [0.05, 0.1) is 11.1 Å². The van der Waals surface area contributed by atoms with Crippen LogP contribution in [0.3, 0.4) is 0 Å². The maximum atomic E-state index is 5.79. The number of nitrogens with zero attached hydrogens (tertiary/aromatic N) is 2. The molecule has 0 aromatic carbocycles. The largest absolute Gasteiger partial charge is 0.478 e. The van der Waals surface area contributed by atoms with Gasteiger partial charge in [-0.3, -0.25) is 0 Å². The minimum atomic E-state index is -0.332. The summed E-state index contributed by atoms with van der Waals surface area (Å²) in [5.41, 5.74) is -0.609. The van der Waals surface area contributed by atoms with E-state index in [2.05, 4.69) is 51.5 Å². The van der Waals surface area contributed by atoms with Crippen LogP contribution in [0.1, 0.15) is 48.0 Å². The molecule has 4 heteroatoms. The minimum absolute atomic E-state index is 0.138. The lowest BCUT2D eigenvalue weighted by molar-refractivity contribution is 0.233. The summed E-state index contributed by atoms with van der Waals surface area (Å²) in [6.07, 6.45) is 0.872. The summed E-state index contributed by atoms with van der Waals surface area (Å²) >= 11 is 0. The molecule has 102 valence electrons. The molecule has 18 heavy (non-hydrogen) atoms. The van der Waals surface area contributed by atoms with Gasteiger partial charge in [0.2, 0.25) is 0 Å². The van der Waals surface area contributed by atoms with Crippen molar-refractivity contribution in [2.45, 2.75) is 59.0 Å². The molecule has 0 aliphatic carbocycles. The summed E-state index contributed by atoms with van der Waals surface area (Å²) in [4.78, 5) is 9.38. The highest BCUT2D eigenvalue weighted by Crippen LogP contribution is 2.36. The molecular weight excluding hydrogens is 228 g/mol. The Balaban J connectivity index is 2.33. The van der Waals surface area contributed by atoms with Crippen LogP contribution in [0.25, 0.3) is 0 Å². The molecule has 2 aliphatic heterocycles. The molecule has 0 atom stereocenters. The molecular formula is C14H24N2O2. The van der Waals surface area contributed by atoms with Crippen molar-refractivity contribution >= 4 is 11.8 Å². The second-order valence-electron chi connectivity index (χ2n) is 6.72. The van der Waals surface area contributed by atoms with Gasteiger partial charge in [-0.2, -0.15) is 0 Å². The van der Waals surface area contributed by atoms with Crippen LogP contribution in [0, 0.1) is 5.41 Å². The van der Waals surface area contributed by atoms with Crippen LogP contribution in [-0.2, 0) is 9.47 Å². The van der Waals surface area contributed by atoms with E-state index in [1.165, 1.54) is 0 Å². The molecule has 0 aromatic rings. The van der Waals surface area contributed by atoms with Crippen molar-refractivity contribution in [2.24, 2.45) is 15.4 Å². The Kier molecular flexibility index (Phi) is 2.95. The van der Waals surface area contributed by atoms with E-state index in [9.17, 15) is 0 Å². The molecule has 0 N–H and O–H groups in total. The summed E-state index contributed by atoms with van der Waals surface area (Å²) in [5, 5.41) is 0. The molecule has 2 heterocycles. The van der Waals surface area contributed by atoms with Gasteiger partial charge < -0.3 is 9.47 Å². The maximum absolute atomic E-state index is 5.79. The highest BCUT2D eigenvalue weighted by molar-refractivity contribution is 6.06. The second-order valence-corrected chi connectivity index (χ2v) is 6.72. The van der Waals surface area contributed by atoms with Crippen molar-refractivity contribution in [2.75, 3.05) is 13.2 Å². The second kappa shape index (κ2) is 3.97. The zero-order valence-corrected chi connectivity index (χ0v) is 12.3. The summed E-state index contributed by atoms with van der Waals surface area (Å²) in [6.45, 7) is 13.8. The fourth-order valence-corrected chi connectivity index (χ4v) is 2.13. The molecule has 2 aliphatic rings. The van der Waals surface area contributed by atoms with Gasteiger partial charge in [0, 0.05) is 0 Å². The SMILES string of the molecule is CCC(C)(C1=NC(C)(C)CO1)C1=NC(C)(C)CO1. The highest BCUT2D eigenvalue weighted by atomic mass is 16.5. The molecule has 2 rings (SSSR count). The van der Waals surface area contributed by atoms with Crippen LogP contribution in [0.5, 0.6) is 0 Å². The van der Waals surface area contributed by atoms with Gasteiger partial charge in [0.1, 0.15) is 18.6 Å². The van der Waals surface area contributed by atoms with Gasteiger partial charge in [-0.25, -0.2) is 9.98 Å². The standard InChI is InChI=1S/C14H24N2O2/c1-7-14(6,10-15-12(2,3)8-17-10)11-16-13(4,5)9-18-11/h7-9H2,1-6H3. The van der Waals surface area contributed by atoms with E-state index in [4.69, 9.17) is 9.47 Å². The fourth-order valence-electron chi connectivity index (χ4n) is 2.13. The average molecular weight is 252 g/mol. The molecule has 0 radical (unpaired) electrons. The highest BCUT2D eigenvalue weighted by Gasteiger charge is 2.46. The van der Waals surface area contributed by atoms with Gasteiger partial charge in [-0.05, 0) is 41.0 Å². The first-order valence-corrected chi connectivity index (χ1v) is 6.65. The van der Waals surface area contributed by atoms with Crippen LogP contribution in [0.15, 0.2) is 9.98 Å². The number of aliphatic imine (C=N–C) groups is 2. The van der Waals surface area contributed by atoms with E-state index >= 15 is 0 Å². The van der Waals surface area contributed by atoms with Crippen LogP contribution in [0.4, 0.5) is 0 Å². The third-order valence-corrected chi connectivity index (χ3v) is 3.58. The predicted molar refractivity (Wildman–Crippen MR) is 73.3 cm³/mol. The Morgan fingerprint density at radius 2 is 1.39 bits per heavy atom. The Morgan fingerprint density at radius 3 is 1.61 bits per heavy atom. The van der Waals surface area contributed by atoms with Crippen molar-refractivity contribution in [1.29, 1.82) is 0 Å². The summed E-state index contributed by atoms with van der Waals surface area (Å²) in [5.74, 6) is 1.54. The topological polar surface area (TPSA) is 43.2 Å². The molecule has 0 saturated heterocycles. The molecule has 0 saturated carbocycles. The number of rotatable bonds is 3. The van der Waals surface area contributed by atoms with Crippen molar-refractivity contribution < 1.29 is 9.47 Å². The molecule has 0 bridgehead atoms. The van der Waals surface area contributed by atoms with Crippen molar-refractivity contribution in [1.82, 2.24) is 0 Å². The Bertz CT molecular complexity index is 374. The van der Waals surface area contributed by atoms with E-state index in [-0.39, 0.29) is 16.5 Å². The predicted octanol–water partition coefficient (Wildman–Crippen LogP) is 2.82. The van der Waals surface area contributed by atoms with E-state index in [0.717, 1.165) is 18.2 Å². The molecule has 0 spiro atoms. The van der Waals surface area contributed by atoms with E-state index in [1.807, 2.05) is 0 Å². The summed E-state index contributed by atoms with van der Waals surface area (Å²) in [7, 11) is 0. The van der Waals surface area contributed by atoms with Crippen molar-refractivity contribution in [3.05, 3.63) is 0 Å². The third-order valence-electron chi connectivity index (χ3n) is 3.58. The van der Waals surface area contributed by atoms with Crippen LogP contribution in [0.2, 0.25) is 0 Å². The summed E-state index contributed by atoms with van der Waals surface area (Å²) in [6, 6.07) is 0. The van der Waals surface area contributed by atoms with Crippen molar-refractivity contribution in [3.8, 4) is 0 Å². The van der Waals surface area contributed by atoms with Gasteiger partial charge in [0.15, 0.2) is 11.8 Å². The zero-order valence-electron chi connectivity index (χ0n) is 12.3. The van der Waals surface area contributed by atoms with Gasteiger partial charge in [-0.15, -0.1) is 0 Å².